The summed E-state index contributed by atoms with van der Waals surface area (Å²) in [6, 6.07) is 3.10. The number of hydrogen-bond acceptors (Lipinski definition) is 3. The molecule has 126 valence electrons. The van der Waals surface area contributed by atoms with E-state index in [1.54, 1.807) is 21.9 Å². The van der Waals surface area contributed by atoms with Crippen LogP contribution in [0.15, 0.2) is 12.1 Å². The molecule has 0 aliphatic carbocycles. The summed E-state index contributed by atoms with van der Waals surface area (Å²) in [5, 5.41) is 0.691. The van der Waals surface area contributed by atoms with Crippen molar-refractivity contribution in [1.29, 1.82) is 0 Å². The first-order valence-electron chi connectivity index (χ1n) is 7.58. The van der Waals surface area contributed by atoms with Crippen LogP contribution in [-0.4, -0.2) is 54.9 Å². The number of carbonyl (C=O) groups excluding carboxylic acids is 2. The summed E-state index contributed by atoms with van der Waals surface area (Å²) in [5.41, 5.74) is 0.346. The predicted octanol–water partition coefficient (Wildman–Crippen LogP) is 3.09. The van der Waals surface area contributed by atoms with Gasteiger partial charge in [-0.2, -0.15) is 0 Å². The van der Waals surface area contributed by atoms with E-state index in [0.717, 1.165) is 6.42 Å². The number of rotatable bonds is 4. The zero-order valence-electron chi connectivity index (χ0n) is 13.3. The SMILES string of the molecule is CCCC(=O)N1CCN(C(=O)c2cc(Cl)cc(Cl)c2OC)CC1. The number of benzene rings is 1. The van der Waals surface area contributed by atoms with Crippen molar-refractivity contribution in [2.24, 2.45) is 0 Å². The van der Waals surface area contributed by atoms with Crippen LogP contribution in [-0.2, 0) is 4.79 Å². The van der Waals surface area contributed by atoms with Gasteiger partial charge in [0, 0.05) is 37.6 Å². The number of carbonyl (C=O) groups is 2. The molecule has 2 amide bonds. The first-order valence-corrected chi connectivity index (χ1v) is 8.33. The Hall–Kier alpha value is -1.46. The molecule has 0 unspecified atom stereocenters. The lowest BCUT2D eigenvalue weighted by molar-refractivity contribution is -0.132. The summed E-state index contributed by atoms with van der Waals surface area (Å²) in [6.07, 6.45) is 1.38. The van der Waals surface area contributed by atoms with E-state index in [2.05, 4.69) is 0 Å². The number of amides is 2. The number of ether oxygens (including phenoxy) is 1. The van der Waals surface area contributed by atoms with Gasteiger partial charge in [-0.15, -0.1) is 0 Å². The lowest BCUT2D eigenvalue weighted by Crippen LogP contribution is -2.50. The standard InChI is InChI=1S/C16H20Cl2N2O3/c1-3-4-14(21)19-5-7-20(8-6-19)16(22)12-9-11(17)10-13(18)15(12)23-2/h9-10H,3-8H2,1-2H3. The Morgan fingerprint density at radius 2 is 1.74 bits per heavy atom. The predicted molar refractivity (Wildman–Crippen MR) is 90.4 cm³/mol. The molecule has 0 saturated carbocycles. The molecule has 1 heterocycles. The topological polar surface area (TPSA) is 49.9 Å². The van der Waals surface area contributed by atoms with Crippen molar-refractivity contribution in [3.8, 4) is 5.75 Å². The second-order valence-electron chi connectivity index (χ2n) is 5.39. The Kier molecular flexibility index (Phi) is 6.13. The number of nitrogens with zero attached hydrogens (tertiary/aromatic N) is 2. The summed E-state index contributed by atoms with van der Waals surface area (Å²) in [7, 11) is 1.47. The maximum atomic E-state index is 12.7. The minimum atomic E-state index is -0.186. The zero-order chi connectivity index (χ0) is 17.0. The molecule has 1 aliphatic heterocycles. The number of piperazine rings is 1. The Bertz CT molecular complexity index is 599. The molecule has 0 aromatic heterocycles. The molecule has 5 nitrogen and oxygen atoms in total. The van der Waals surface area contributed by atoms with Crippen molar-refractivity contribution in [1.82, 2.24) is 9.80 Å². The molecule has 0 bridgehead atoms. The molecule has 0 radical (unpaired) electrons. The molecule has 0 atom stereocenters. The Morgan fingerprint density at radius 1 is 1.13 bits per heavy atom. The van der Waals surface area contributed by atoms with Crippen LogP contribution in [0.5, 0.6) is 5.75 Å². The summed E-state index contributed by atoms with van der Waals surface area (Å²) in [6.45, 7) is 4.04. The van der Waals surface area contributed by atoms with E-state index in [0.29, 0.717) is 54.0 Å². The fourth-order valence-electron chi connectivity index (χ4n) is 2.63. The largest absolute Gasteiger partial charge is 0.494 e. The average Bonchev–Trinajstić information content (AvgIpc) is 2.54. The van der Waals surface area contributed by atoms with E-state index < -0.39 is 0 Å². The van der Waals surface area contributed by atoms with Crippen molar-refractivity contribution in [2.75, 3.05) is 33.3 Å². The van der Waals surface area contributed by atoms with E-state index in [1.165, 1.54) is 7.11 Å². The van der Waals surface area contributed by atoms with Crippen LogP contribution < -0.4 is 4.74 Å². The van der Waals surface area contributed by atoms with Crippen LogP contribution in [0.2, 0.25) is 10.0 Å². The van der Waals surface area contributed by atoms with Gasteiger partial charge in [-0.25, -0.2) is 0 Å². The molecule has 1 aliphatic rings. The minimum absolute atomic E-state index is 0.142. The van der Waals surface area contributed by atoms with Gasteiger partial charge in [-0.3, -0.25) is 9.59 Å². The van der Waals surface area contributed by atoms with Crippen molar-refractivity contribution in [3.05, 3.63) is 27.7 Å². The van der Waals surface area contributed by atoms with Gasteiger partial charge in [0.25, 0.3) is 5.91 Å². The second-order valence-corrected chi connectivity index (χ2v) is 6.24. The highest BCUT2D eigenvalue weighted by Crippen LogP contribution is 2.33. The molecule has 1 saturated heterocycles. The molecule has 23 heavy (non-hydrogen) atoms. The maximum Gasteiger partial charge on any atom is 0.257 e. The molecule has 1 fully saturated rings. The zero-order valence-corrected chi connectivity index (χ0v) is 14.8. The highest BCUT2D eigenvalue weighted by atomic mass is 35.5. The summed E-state index contributed by atoms with van der Waals surface area (Å²) >= 11 is 12.1. The third kappa shape index (κ3) is 4.09. The summed E-state index contributed by atoms with van der Waals surface area (Å²) < 4.78 is 5.23. The summed E-state index contributed by atoms with van der Waals surface area (Å²) in [5.74, 6) is 0.280. The van der Waals surface area contributed by atoms with E-state index in [4.69, 9.17) is 27.9 Å². The highest BCUT2D eigenvalue weighted by molar-refractivity contribution is 6.36. The van der Waals surface area contributed by atoms with Gasteiger partial charge in [0.2, 0.25) is 5.91 Å². The van der Waals surface area contributed by atoms with Crippen LogP contribution >= 0.6 is 23.2 Å². The molecule has 1 aromatic carbocycles. The fraction of sp³-hybridized carbons (Fsp3) is 0.500. The van der Waals surface area contributed by atoms with Gasteiger partial charge < -0.3 is 14.5 Å². The minimum Gasteiger partial charge on any atom is -0.494 e. The number of hydrogen-bond donors (Lipinski definition) is 0. The Balaban J connectivity index is 2.10. The van der Waals surface area contributed by atoms with E-state index in [1.807, 2.05) is 6.92 Å². The lowest BCUT2D eigenvalue weighted by Gasteiger charge is -2.35. The quantitative estimate of drug-likeness (QED) is 0.830. The van der Waals surface area contributed by atoms with Crippen molar-refractivity contribution < 1.29 is 14.3 Å². The van der Waals surface area contributed by atoms with Crippen molar-refractivity contribution in [2.45, 2.75) is 19.8 Å². The van der Waals surface area contributed by atoms with Gasteiger partial charge in [-0.1, -0.05) is 30.1 Å². The van der Waals surface area contributed by atoms with Gasteiger partial charge >= 0.3 is 0 Å². The monoisotopic (exact) mass is 358 g/mol. The van der Waals surface area contributed by atoms with Crippen molar-refractivity contribution >= 4 is 35.0 Å². The van der Waals surface area contributed by atoms with Crippen molar-refractivity contribution in [3.63, 3.8) is 0 Å². The van der Waals surface area contributed by atoms with Gasteiger partial charge in [-0.05, 0) is 18.6 Å². The van der Waals surface area contributed by atoms with E-state index in [-0.39, 0.29) is 11.8 Å². The number of halogens is 2. The molecule has 2 rings (SSSR count). The maximum absolute atomic E-state index is 12.7. The number of methoxy groups -OCH3 is 1. The van der Waals surface area contributed by atoms with Gasteiger partial charge in [0.05, 0.1) is 17.7 Å². The molecular weight excluding hydrogens is 339 g/mol. The van der Waals surface area contributed by atoms with Crippen LogP contribution in [0.1, 0.15) is 30.1 Å². The average molecular weight is 359 g/mol. The van der Waals surface area contributed by atoms with Gasteiger partial charge in [0.15, 0.2) is 0 Å². The molecule has 0 N–H and O–H groups in total. The Morgan fingerprint density at radius 3 is 2.30 bits per heavy atom. The third-order valence-electron chi connectivity index (χ3n) is 3.83. The fourth-order valence-corrected chi connectivity index (χ4v) is 3.20. The van der Waals surface area contributed by atoms with Crippen LogP contribution in [0, 0.1) is 0 Å². The van der Waals surface area contributed by atoms with Gasteiger partial charge in [0.1, 0.15) is 5.75 Å². The first-order chi connectivity index (χ1) is 11.0. The van der Waals surface area contributed by atoms with Crippen LogP contribution in [0.3, 0.4) is 0 Å². The summed E-state index contributed by atoms with van der Waals surface area (Å²) in [4.78, 5) is 28.1. The smallest absolute Gasteiger partial charge is 0.257 e. The third-order valence-corrected chi connectivity index (χ3v) is 4.33. The Labute approximate surface area is 146 Å². The molecule has 0 spiro atoms. The van der Waals surface area contributed by atoms with E-state index in [9.17, 15) is 9.59 Å². The molecular formula is C16H20Cl2N2O3. The van der Waals surface area contributed by atoms with Crippen LogP contribution in [0.25, 0.3) is 0 Å². The highest BCUT2D eigenvalue weighted by Gasteiger charge is 2.27. The normalized spacial score (nSPS) is 14.8. The molecule has 7 heteroatoms. The lowest BCUT2D eigenvalue weighted by atomic mass is 10.1. The van der Waals surface area contributed by atoms with Crippen LogP contribution in [0.4, 0.5) is 0 Å². The molecule has 1 aromatic rings. The second kappa shape index (κ2) is 7.88. The first kappa shape index (κ1) is 17.9. The van der Waals surface area contributed by atoms with E-state index >= 15 is 0 Å².